The molecule has 1 aliphatic heterocycles. The number of carbonyl (C=O) groups excluding carboxylic acids is 1. The number of nitrogens with zero attached hydrogens (tertiary/aromatic N) is 2. The van der Waals surface area contributed by atoms with E-state index in [1.807, 2.05) is 11.8 Å². The lowest BCUT2D eigenvalue weighted by Crippen LogP contribution is -2.45. The molecule has 0 radical (unpaired) electrons. The number of nitrogens with two attached hydrogens (primary N) is 1. The van der Waals surface area contributed by atoms with Gasteiger partial charge in [-0.2, -0.15) is 0 Å². The average molecular weight is 291 g/mol. The first-order valence-electron chi connectivity index (χ1n) is 7.20. The Morgan fingerprint density at radius 2 is 2.24 bits per heavy atom. The van der Waals surface area contributed by atoms with Crippen molar-refractivity contribution in [3.05, 3.63) is 39.4 Å². The summed E-state index contributed by atoms with van der Waals surface area (Å²) in [5.74, 6) is 0.258. The zero-order valence-electron chi connectivity index (χ0n) is 12.4. The van der Waals surface area contributed by atoms with E-state index in [1.165, 1.54) is 12.1 Å². The summed E-state index contributed by atoms with van der Waals surface area (Å²) in [5.41, 5.74) is 7.12. The third-order valence-corrected chi connectivity index (χ3v) is 4.14. The fourth-order valence-corrected chi connectivity index (χ4v) is 2.80. The summed E-state index contributed by atoms with van der Waals surface area (Å²) in [7, 11) is 0. The molecule has 6 heteroatoms. The molecule has 0 aliphatic carbocycles. The van der Waals surface area contributed by atoms with E-state index < -0.39 is 4.92 Å². The van der Waals surface area contributed by atoms with Gasteiger partial charge in [-0.25, -0.2) is 0 Å². The molecule has 1 fully saturated rings. The fraction of sp³-hybridized carbons (Fsp3) is 0.533. The molecule has 114 valence electrons. The monoisotopic (exact) mass is 291 g/mol. The minimum Gasteiger partial charge on any atom is -0.338 e. The van der Waals surface area contributed by atoms with Crippen LogP contribution in [0.4, 0.5) is 5.69 Å². The van der Waals surface area contributed by atoms with Gasteiger partial charge in [0.1, 0.15) is 0 Å². The van der Waals surface area contributed by atoms with Crippen LogP contribution >= 0.6 is 0 Å². The molecular formula is C15H21N3O3. The van der Waals surface area contributed by atoms with Gasteiger partial charge in [-0.15, -0.1) is 0 Å². The number of likely N-dealkylation sites (tertiary alicyclic amines) is 1. The zero-order valence-corrected chi connectivity index (χ0v) is 12.4. The normalized spacial score (nSPS) is 20.1. The van der Waals surface area contributed by atoms with Crippen LogP contribution in [0.2, 0.25) is 0 Å². The first kappa shape index (κ1) is 15.4. The quantitative estimate of drug-likeness (QED) is 0.682. The Balaban J connectivity index is 2.18. The van der Waals surface area contributed by atoms with Gasteiger partial charge in [0.2, 0.25) is 0 Å². The van der Waals surface area contributed by atoms with E-state index in [4.69, 9.17) is 5.73 Å². The predicted molar refractivity (Wildman–Crippen MR) is 80.1 cm³/mol. The maximum atomic E-state index is 12.6. The Morgan fingerprint density at radius 3 is 2.81 bits per heavy atom. The van der Waals surface area contributed by atoms with E-state index in [2.05, 4.69) is 0 Å². The molecule has 2 N–H and O–H groups in total. The minimum absolute atomic E-state index is 0.0103. The number of nitro groups is 1. The lowest BCUT2D eigenvalue weighted by molar-refractivity contribution is -0.384. The Labute approximate surface area is 124 Å². The molecule has 1 aromatic carbocycles. The molecule has 21 heavy (non-hydrogen) atoms. The van der Waals surface area contributed by atoms with Crippen LogP contribution in [0.25, 0.3) is 0 Å². The summed E-state index contributed by atoms with van der Waals surface area (Å²) in [6.07, 6.45) is 1.99. The second-order valence-corrected chi connectivity index (χ2v) is 5.77. The van der Waals surface area contributed by atoms with E-state index in [1.54, 1.807) is 13.0 Å². The van der Waals surface area contributed by atoms with Crippen molar-refractivity contribution in [2.75, 3.05) is 13.1 Å². The molecule has 2 atom stereocenters. The Morgan fingerprint density at radius 1 is 1.52 bits per heavy atom. The standard InChI is InChI=1S/C15H21N3O3/c1-10-8-13(18(20)21)5-6-14(10)15(19)17-7-3-4-12(9-17)11(2)16/h5-6,8,11-12H,3-4,7,9,16H2,1-2H3/t11-,12+/m0/s1. The Bertz CT molecular complexity index is 557. The molecule has 1 aliphatic rings. The van der Waals surface area contributed by atoms with Crippen LogP contribution in [0.15, 0.2) is 18.2 Å². The Kier molecular flexibility index (Phi) is 4.57. The highest BCUT2D eigenvalue weighted by Gasteiger charge is 2.27. The number of amides is 1. The van der Waals surface area contributed by atoms with E-state index in [9.17, 15) is 14.9 Å². The van der Waals surface area contributed by atoms with Crippen molar-refractivity contribution >= 4 is 11.6 Å². The number of non-ortho nitro benzene ring substituents is 1. The number of aryl methyl sites for hydroxylation is 1. The van der Waals surface area contributed by atoms with Crippen molar-refractivity contribution in [3.63, 3.8) is 0 Å². The summed E-state index contributed by atoms with van der Waals surface area (Å²) in [5, 5.41) is 10.8. The van der Waals surface area contributed by atoms with E-state index in [0.717, 1.165) is 19.4 Å². The summed E-state index contributed by atoms with van der Waals surface area (Å²) in [4.78, 5) is 24.7. The minimum atomic E-state index is -0.450. The number of nitro benzene ring substituents is 1. The van der Waals surface area contributed by atoms with Crippen LogP contribution in [-0.4, -0.2) is 34.9 Å². The van der Waals surface area contributed by atoms with Crippen LogP contribution < -0.4 is 5.73 Å². The maximum absolute atomic E-state index is 12.6. The lowest BCUT2D eigenvalue weighted by Gasteiger charge is -2.34. The maximum Gasteiger partial charge on any atom is 0.269 e. The highest BCUT2D eigenvalue weighted by Crippen LogP contribution is 2.23. The molecule has 0 saturated carbocycles. The molecule has 0 unspecified atom stereocenters. The smallest absolute Gasteiger partial charge is 0.269 e. The van der Waals surface area contributed by atoms with E-state index in [-0.39, 0.29) is 17.6 Å². The third kappa shape index (κ3) is 3.39. The molecule has 0 aromatic heterocycles. The fourth-order valence-electron chi connectivity index (χ4n) is 2.80. The van der Waals surface area contributed by atoms with Crippen molar-refractivity contribution in [2.45, 2.75) is 32.7 Å². The highest BCUT2D eigenvalue weighted by molar-refractivity contribution is 5.96. The predicted octanol–water partition coefficient (Wildman–Crippen LogP) is 2.10. The van der Waals surface area contributed by atoms with Crippen LogP contribution in [0.1, 0.15) is 35.7 Å². The molecule has 0 bridgehead atoms. The molecule has 2 rings (SSSR count). The lowest BCUT2D eigenvalue weighted by atomic mass is 9.91. The van der Waals surface area contributed by atoms with Gasteiger partial charge in [0, 0.05) is 36.8 Å². The second-order valence-electron chi connectivity index (χ2n) is 5.77. The second kappa shape index (κ2) is 6.22. The summed E-state index contributed by atoms with van der Waals surface area (Å²) >= 11 is 0. The molecule has 1 amide bonds. The van der Waals surface area contributed by atoms with Gasteiger partial charge in [0.25, 0.3) is 11.6 Å². The molecular weight excluding hydrogens is 270 g/mol. The van der Waals surface area contributed by atoms with Crippen molar-refractivity contribution in [3.8, 4) is 0 Å². The number of piperidine rings is 1. The third-order valence-electron chi connectivity index (χ3n) is 4.14. The van der Waals surface area contributed by atoms with Crippen LogP contribution in [0.3, 0.4) is 0 Å². The number of hydrogen-bond donors (Lipinski definition) is 1. The summed E-state index contributed by atoms with van der Waals surface area (Å²) < 4.78 is 0. The van der Waals surface area contributed by atoms with E-state index in [0.29, 0.717) is 23.6 Å². The van der Waals surface area contributed by atoms with Gasteiger partial charge in [-0.1, -0.05) is 0 Å². The van der Waals surface area contributed by atoms with Crippen molar-refractivity contribution in [1.82, 2.24) is 4.90 Å². The SMILES string of the molecule is Cc1cc([N+](=O)[O-])ccc1C(=O)N1CCC[C@@H]([C@H](C)N)C1. The molecule has 1 heterocycles. The van der Waals surface area contributed by atoms with Crippen LogP contribution in [-0.2, 0) is 0 Å². The average Bonchev–Trinajstić information content (AvgIpc) is 2.46. The van der Waals surface area contributed by atoms with Crippen LogP contribution in [0.5, 0.6) is 0 Å². The number of hydrogen-bond acceptors (Lipinski definition) is 4. The van der Waals surface area contributed by atoms with Gasteiger partial charge in [0.05, 0.1) is 4.92 Å². The molecule has 0 spiro atoms. The summed E-state index contributed by atoms with van der Waals surface area (Å²) in [6, 6.07) is 4.44. The number of rotatable bonds is 3. The van der Waals surface area contributed by atoms with Crippen molar-refractivity contribution in [1.29, 1.82) is 0 Å². The van der Waals surface area contributed by atoms with Gasteiger partial charge < -0.3 is 10.6 Å². The largest absolute Gasteiger partial charge is 0.338 e. The van der Waals surface area contributed by atoms with Crippen LogP contribution in [0, 0.1) is 23.0 Å². The molecule has 1 aromatic rings. The van der Waals surface area contributed by atoms with Gasteiger partial charge in [-0.05, 0) is 44.2 Å². The van der Waals surface area contributed by atoms with Crippen molar-refractivity contribution in [2.24, 2.45) is 11.7 Å². The molecule has 6 nitrogen and oxygen atoms in total. The Hall–Kier alpha value is -1.95. The van der Waals surface area contributed by atoms with E-state index >= 15 is 0 Å². The number of benzene rings is 1. The number of carbonyl (C=O) groups is 1. The highest BCUT2D eigenvalue weighted by atomic mass is 16.6. The summed E-state index contributed by atoms with van der Waals surface area (Å²) in [6.45, 7) is 5.08. The van der Waals surface area contributed by atoms with Crippen molar-refractivity contribution < 1.29 is 9.72 Å². The zero-order chi connectivity index (χ0) is 15.6. The van der Waals surface area contributed by atoms with Gasteiger partial charge >= 0.3 is 0 Å². The van der Waals surface area contributed by atoms with Gasteiger partial charge in [-0.3, -0.25) is 14.9 Å². The first-order valence-corrected chi connectivity index (χ1v) is 7.20. The van der Waals surface area contributed by atoms with Gasteiger partial charge in [0.15, 0.2) is 0 Å². The first-order chi connectivity index (χ1) is 9.90. The molecule has 1 saturated heterocycles. The topological polar surface area (TPSA) is 89.5 Å².